The fourth-order valence-corrected chi connectivity index (χ4v) is 5.17. The van der Waals surface area contributed by atoms with E-state index in [1.165, 1.54) is 24.5 Å². The van der Waals surface area contributed by atoms with Crippen LogP contribution in [0.1, 0.15) is 79.2 Å². The normalized spacial score (nSPS) is 20.7. The number of benzene rings is 1. The number of aryl methyl sites for hydroxylation is 2. The van der Waals surface area contributed by atoms with E-state index in [1.807, 2.05) is 20.0 Å². The highest BCUT2D eigenvalue weighted by molar-refractivity contribution is 6.30. The molecule has 6 rings (SSSR count). The van der Waals surface area contributed by atoms with Gasteiger partial charge in [0.05, 0.1) is 23.6 Å². The van der Waals surface area contributed by atoms with E-state index in [0.29, 0.717) is 45.2 Å². The highest BCUT2D eigenvalue weighted by atomic mass is 35.5. The van der Waals surface area contributed by atoms with Crippen LogP contribution in [0, 0.1) is 19.7 Å². The largest absolute Gasteiger partial charge is 0.269 e. The van der Waals surface area contributed by atoms with Gasteiger partial charge in [0.2, 0.25) is 0 Å². The van der Waals surface area contributed by atoms with Gasteiger partial charge in [-0.25, -0.2) is 24.3 Å². The molecule has 2 fully saturated rings. The van der Waals surface area contributed by atoms with E-state index in [4.69, 9.17) is 31.5 Å². The number of hydrogen-bond donors (Lipinski definition) is 0. The number of halogens is 2. The van der Waals surface area contributed by atoms with E-state index in [-0.39, 0.29) is 5.92 Å². The molecule has 0 amide bonds. The van der Waals surface area contributed by atoms with Crippen molar-refractivity contribution in [2.24, 2.45) is 0 Å². The maximum Gasteiger partial charge on any atom is 0.182 e. The molecule has 0 aliphatic heterocycles. The molecule has 3 aromatic heterocycles. The number of nitrogens with zero attached hydrogens (tertiary/aromatic N) is 6. The van der Waals surface area contributed by atoms with Crippen molar-refractivity contribution in [1.82, 2.24) is 29.7 Å². The van der Waals surface area contributed by atoms with Crippen molar-refractivity contribution in [3.05, 3.63) is 64.2 Å². The summed E-state index contributed by atoms with van der Waals surface area (Å²) in [6, 6.07) is 5.23. The van der Waals surface area contributed by atoms with Crippen LogP contribution in [0.4, 0.5) is 4.39 Å². The van der Waals surface area contributed by atoms with Gasteiger partial charge in [0.1, 0.15) is 22.9 Å². The van der Waals surface area contributed by atoms with Crippen molar-refractivity contribution in [3.8, 4) is 11.3 Å². The molecule has 2 atom stereocenters. The molecule has 2 aliphatic rings. The average Bonchev–Trinajstić information content (AvgIpc) is 3.56. The van der Waals surface area contributed by atoms with Crippen LogP contribution in [0.15, 0.2) is 30.6 Å². The molecule has 0 saturated heterocycles. The Hall–Kier alpha value is -2.93. The van der Waals surface area contributed by atoms with Crippen LogP contribution in [0.25, 0.3) is 22.4 Å². The van der Waals surface area contributed by atoms with Gasteiger partial charge in [-0.15, -0.1) is 0 Å². The topological polar surface area (TPSA) is 69.4 Å². The summed E-state index contributed by atoms with van der Waals surface area (Å²) in [5.74, 6) is 0.887. The van der Waals surface area contributed by atoms with Crippen LogP contribution in [-0.4, -0.2) is 29.7 Å². The molecule has 0 radical (unpaired) electrons. The molecule has 4 aromatic rings. The Balaban J connectivity index is 1.41. The first-order chi connectivity index (χ1) is 16.5. The summed E-state index contributed by atoms with van der Waals surface area (Å²) in [7, 11) is 0. The van der Waals surface area contributed by atoms with E-state index in [2.05, 4.69) is 16.0 Å². The van der Waals surface area contributed by atoms with Gasteiger partial charge in [-0.05, 0) is 75.6 Å². The Morgan fingerprint density at radius 1 is 0.971 bits per heavy atom. The van der Waals surface area contributed by atoms with Crippen molar-refractivity contribution >= 4 is 22.8 Å². The van der Waals surface area contributed by atoms with Crippen LogP contribution in [0.3, 0.4) is 0 Å². The molecule has 34 heavy (non-hydrogen) atoms. The van der Waals surface area contributed by atoms with Crippen LogP contribution in [0.5, 0.6) is 0 Å². The zero-order valence-electron chi connectivity index (χ0n) is 19.3. The Bertz CT molecular complexity index is 1400. The minimum absolute atomic E-state index is 0.171. The summed E-state index contributed by atoms with van der Waals surface area (Å²) in [4.78, 5) is 19.1. The van der Waals surface area contributed by atoms with Gasteiger partial charge in [-0.3, -0.25) is 4.68 Å². The van der Waals surface area contributed by atoms with Crippen LogP contribution < -0.4 is 0 Å². The summed E-state index contributed by atoms with van der Waals surface area (Å²) in [5.41, 5.74) is 4.78. The van der Waals surface area contributed by atoms with E-state index in [0.717, 1.165) is 37.1 Å². The lowest BCUT2D eigenvalue weighted by atomic mass is 9.78. The maximum atomic E-state index is 15.0. The molecular formula is C26H26ClFN6. The third kappa shape index (κ3) is 3.96. The summed E-state index contributed by atoms with van der Waals surface area (Å²) in [6.45, 7) is 3.81. The smallest absolute Gasteiger partial charge is 0.182 e. The van der Waals surface area contributed by atoms with Gasteiger partial charge in [-0.1, -0.05) is 18.0 Å². The first-order valence-electron chi connectivity index (χ1n) is 12.0. The monoisotopic (exact) mass is 476 g/mol. The number of fused-ring (bicyclic) bond motifs is 1. The third-order valence-corrected chi connectivity index (χ3v) is 7.43. The van der Waals surface area contributed by atoms with Crippen molar-refractivity contribution < 1.29 is 4.39 Å². The summed E-state index contributed by atoms with van der Waals surface area (Å²) in [5, 5.41) is 4.94. The van der Waals surface area contributed by atoms with E-state index < -0.39 is 5.82 Å². The minimum Gasteiger partial charge on any atom is -0.269 e. The Morgan fingerprint density at radius 2 is 1.76 bits per heavy atom. The molecule has 2 saturated carbocycles. The average molecular weight is 477 g/mol. The van der Waals surface area contributed by atoms with Gasteiger partial charge in [0, 0.05) is 22.7 Å². The van der Waals surface area contributed by atoms with Gasteiger partial charge in [0.25, 0.3) is 0 Å². The number of hydrogen-bond acceptors (Lipinski definition) is 5. The second-order valence-electron chi connectivity index (χ2n) is 9.67. The number of rotatable bonds is 4. The fourth-order valence-electron chi connectivity index (χ4n) is 5.01. The maximum absolute atomic E-state index is 15.0. The van der Waals surface area contributed by atoms with Crippen LogP contribution >= 0.6 is 11.6 Å². The molecule has 0 bridgehead atoms. The van der Waals surface area contributed by atoms with Crippen molar-refractivity contribution in [2.75, 3.05) is 0 Å². The Morgan fingerprint density at radius 3 is 2.56 bits per heavy atom. The van der Waals surface area contributed by atoms with E-state index >= 15 is 0 Å². The SMILES string of the molecule is Cc1nc2nc([C@@H]3CCC[C@@H](c4cnn(C5CC5)c4)C3)nc(-c3ccc(Cl)cc3F)c2nc1C. The third-order valence-electron chi connectivity index (χ3n) is 7.20. The highest BCUT2D eigenvalue weighted by Crippen LogP contribution is 2.42. The highest BCUT2D eigenvalue weighted by Gasteiger charge is 2.30. The minimum atomic E-state index is -0.424. The second kappa shape index (κ2) is 8.38. The van der Waals surface area contributed by atoms with Crippen LogP contribution in [0.2, 0.25) is 5.02 Å². The lowest BCUT2D eigenvalue weighted by Gasteiger charge is -2.28. The summed E-state index contributed by atoms with van der Waals surface area (Å²) >= 11 is 6.01. The quantitative estimate of drug-likeness (QED) is 0.337. The standard InChI is InChI=1S/C26H26ClFN6/c1-14-15(2)31-26-24(30-14)23(21-9-6-19(27)11-22(21)28)32-25(33-26)17-5-3-4-16(10-17)18-12-29-34(13-18)20-7-8-20/h6,9,11-13,16-17,20H,3-5,7-8,10H2,1-2H3/t16-,17-/m1/s1. The van der Waals surface area contributed by atoms with E-state index in [9.17, 15) is 4.39 Å². The Labute approximate surface area is 202 Å². The molecule has 6 nitrogen and oxygen atoms in total. The van der Waals surface area contributed by atoms with Crippen LogP contribution in [-0.2, 0) is 0 Å². The zero-order valence-corrected chi connectivity index (χ0v) is 20.1. The van der Waals surface area contributed by atoms with Crippen molar-refractivity contribution in [3.63, 3.8) is 0 Å². The lowest BCUT2D eigenvalue weighted by Crippen LogP contribution is -2.16. The summed E-state index contributed by atoms with van der Waals surface area (Å²) in [6.07, 6.45) is 10.9. The number of aromatic nitrogens is 6. The first-order valence-corrected chi connectivity index (χ1v) is 12.4. The molecule has 2 aliphatic carbocycles. The Kier molecular flexibility index (Phi) is 5.32. The molecule has 8 heteroatoms. The molecule has 1 aromatic carbocycles. The molecule has 3 heterocycles. The summed E-state index contributed by atoms with van der Waals surface area (Å²) < 4.78 is 17.1. The zero-order chi connectivity index (χ0) is 23.4. The van der Waals surface area contributed by atoms with Gasteiger partial charge < -0.3 is 0 Å². The van der Waals surface area contributed by atoms with Gasteiger partial charge >= 0.3 is 0 Å². The first kappa shape index (κ1) is 21.6. The van der Waals surface area contributed by atoms with Crippen molar-refractivity contribution in [1.29, 1.82) is 0 Å². The molecular weight excluding hydrogens is 451 g/mol. The van der Waals surface area contributed by atoms with Crippen molar-refractivity contribution in [2.45, 2.75) is 70.3 Å². The fraction of sp³-hybridized carbons (Fsp3) is 0.423. The van der Waals surface area contributed by atoms with E-state index in [1.54, 1.807) is 12.1 Å². The molecule has 0 N–H and O–H groups in total. The molecule has 0 spiro atoms. The van der Waals surface area contributed by atoms with Gasteiger partial charge in [-0.2, -0.15) is 5.10 Å². The predicted molar refractivity (Wildman–Crippen MR) is 129 cm³/mol. The predicted octanol–water partition coefficient (Wildman–Crippen LogP) is 6.47. The molecule has 0 unspecified atom stereocenters. The second-order valence-corrected chi connectivity index (χ2v) is 10.1. The molecule has 174 valence electrons. The van der Waals surface area contributed by atoms with Gasteiger partial charge in [0.15, 0.2) is 5.65 Å². The lowest BCUT2D eigenvalue weighted by molar-refractivity contribution is 0.383.